The van der Waals surface area contributed by atoms with Crippen LogP contribution >= 0.6 is 0 Å². The molecule has 0 aliphatic rings. The summed E-state index contributed by atoms with van der Waals surface area (Å²) in [5.41, 5.74) is 0.819. The molecule has 0 unspecified atom stereocenters. The molecule has 1 aromatic rings. The molecule has 0 fully saturated rings. The number of anilines is 1. The molecular formula is C9H13NO2. The Morgan fingerprint density at radius 3 is 2.83 bits per heavy atom. The summed E-state index contributed by atoms with van der Waals surface area (Å²) >= 11 is 0. The molecule has 3 heteroatoms. The molecule has 0 atom stereocenters. The molecule has 0 saturated carbocycles. The van der Waals surface area contributed by atoms with Crippen LogP contribution in [0.25, 0.3) is 0 Å². The third-order valence-corrected chi connectivity index (χ3v) is 1.55. The van der Waals surface area contributed by atoms with E-state index in [-0.39, 0.29) is 5.75 Å². The lowest BCUT2D eigenvalue weighted by Crippen LogP contribution is -1.98. The van der Waals surface area contributed by atoms with Gasteiger partial charge in [0, 0.05) is 12.6 Å². The first kappa shape index (κ1) is 8.71. The number of rotatable bonds is 3. The molecule has 2 N–H and O–H groups in total. The van der Waals surface area contributed by atoms with Gasteiger partial charge in [0.2, 0.25) is 0 Å². The lowest BCUT2D eigenvalue weighted by atomic mass is 10.2. The maximum atomic E-state index is 9.16. The predicted octanol–water partition coefficient (Wildman–Crippen LogP) is 1.83. The number of ether oxygens (including phenoxy) is 1. The van der Waals surface area contributed by atoms with Gasteiger partial charge in [-0.15, -0.1) is 0 Å². The predicted molar refractivity (Wildman–Crippen MR) is 48.8 cm³/mol. The first-order chi connectivity index (χ1) is 5.77. The second-order valence-corrected chi connectivity index (χ2v) is 2.41. The highest BCUT2D eigenvalue weighted by molar-refractivity contribution is 5.59. The molecule has 0 radical (unpaired) electrons. The van der Waals surface area contributed by atoms with Crippen LogP contribution in [0.3, 0.4) is 0 Å². The number of phenols is 1. The Bertz CT molecular complexity index is 261. The molecule has 0 spiro atoms. The zero-order valence-electron chi connectivity index (χ0n) is 7.29. The zero-order valence-corrected chi connectivity index (χ0v) is 7.29. The van der Waals surface area contributed by atoms with E-state index in [4.69, 9.17) is 9.84 Å². The van der Waals surface area contributed by atoms with Crippen LogP contribution in [-0.2, 0) is 0 Å². The second kappa shape index (κ2) is 3.85. The van der Waals surface area contributed by atoms with Crippen molar-refractivity contribution in [2.75, 3.05) is 19.0 Å². The summed E-state index contributed by atoms with van der Waals surface area (Å²) in [6.45, 7) is 2.79. The van der Waals surface area contributed by atoms with E-state index in [0.29, 0.717) is 0 Å². The van der Waals surface area contributed by atoms with Gasteiger partial charge in [-0.25, -0.2) is 0 Å². The van der Waals surface area contributed by atoms with E-state index in [1.807, 2.05) is 6.92 Å². The average molecular weight is 167 g/mol. The highest BCUT2D eigenvalue weighted by Gasteiger charge is 2.01. The molecule has 0 aliphatic carbocycles. The van der Waals surface area contributed by atoms with E-state index in [2.05, 4.69) is 5.32 Å². The SMILES string of the molecule is CCNc1cc(O)ccc1OC. The van der Waals surface area contributed by atoms with Crippen molar-refractivity contribution < 1.29 is 9.84 Å². The zero-order chi connectivity index (χ0) is 8.97. The second-order valence-electron chi connectivity index (χ2n) is 2.41. The molecule has 0 bridgehead atoms. The highest BCUT2D eigenvalue weighted by atomic mass is 16.5. The maximum Gasteiger partial charge on any atom is 0.142 e. The van der Waals surface area contributed by atoms with Crippen LogP contribution in [0.4, 0.5) is 5.69 Å². The quantitative estimate of drug-likeness (QED) is 0.721. The Hall–Kier alpha value is -1.38. The number of hydrogen-bond acceptors (Lipinski definition) is 3. The first-order valence-electron chi connectivity index (χ1n) is 3.88. The van der Waals surface area contributed by atoms with E-state index in [1.54, 1.807) is 25.3 Å². The minimum Gasteiger partial charge on any atom is -0.508 e. The third-order valence-electron chi connectivity index (χ3n) is 1.55. The summed E-state index contributed by atoms with van der Waals surface area (Å²) in [5, 5.41) is 12.2. The van der Waals surface area contributed by atoms with Crippen molar-refractivity contribution in [1.82, 2.24) is 0 Å². The minimum absolute atomic E-state index is 0.242. The van der Waals surface area contributed by atoms with Gasteiger partial charge in [0.25, 0.3) is 0 Å². The van der Waals surface area contributed by atoms with Crippen molar-refractivity contribution in [3.63, 3.8) is 0 Å². The van der Waals surface area contributed by atoms with Gasteiger partial charge in [0.05, 0.1) is 12.8 Å². The molecule has 12 heavy (non-hydrogen) atoms. The Morgan fingerprint density at radius 1 is 1.50 bits per heavy atom. The van der Waals surface area contributed by atoms with Crippen molar-refractivity contribution in [2.45, 2.75) is 6.92 Å². The Morgan fingerprint density at radius 2 is 2.25 bits per heavy atom. The van der Waals surface area contributed by atoms with Gasteiger partial charge < -0.3 is 15.2 Å². The lowest BCUT2D eigenvalue weighted by Gasteiger charge is -2.09. The molecule has 0 saturated heterocycles. The Kier molecular flexibility index (Phi) is 2.80. The Labute approximate surface area is 72.0 Å². The number of phenolic OH excluding ortho intramolecular Hbond substituents is 1. The molecule has 3 nitrogen and oxygen atoms in total. The average Bonchev–Trinajstić information content (AvgIpc) is 2.05. The fourth-order valence-corrected chi connectivity index (χ4v) is 1.02. The number of aromatic hydroxyl groups is 1. The van der Waals surface area contributed by atoms with Crippen molar-refractivity contribution in [3.05, 3.63) is 18.2 Å². The van der Waals surface area contributed by atoms with Crippen LogP contribution in [0.1, 0.15) is 6.92 Å². The number of methoxy groups -OCH3 is 1. The monoisotopic (exact) mass is 167 g/mol. The van der Waals surface area contributed by atoms with E-state index in [0.717, 1.165) is 18.0 Å². The van der Waals surface area contributed by atoms with Gasteiger partial charge in [0.15, 0.2) is 0 Å². The summed E-state index contributed by atoms with van der Waals surface area (Å²) < 4.78 is 5.08. The summed E-state index contributed by atoms with van der Waals surface area (Å²) in [5.74, 6) is 0.987. The molecule has 1 rings (SSSR count). The fraction of sp³-hybridized carbons (Fsp3) is 0.333. The topological polar surface area (TPSA) is 41.5 Å². The van der Waals surface area contributed by atoms with Gasteiger partial charge in [-0.3, -0.25) is 0 Å². The van der Waals surface area contributed by atoms with Crippen LogP contribution in [0.5, 0.6) is 11.5 Å². The summed E-state index contributed by atoms with van der Waals surface area (Å²) in [4.78, 5) is 0. The lowest BCUT2D eigenvalue weighted by molar-refractivity contribution is 0.414. The standard InChI is InChI=1S/C9H13NO2/c1-3-10-8-6-7(11)4-5-9(8)12-2/h4-6,10-11H,3H2,1-2H3. The first-order valence-corrected chi connectivity index (χ1v) is 3.88. The van der Waals surface area contributed by atoms with Gasteiger partial charge in [-0.2, -0.15) is 0 Å². The molecule has 1 aromatic carbocycles. The van der Waals surface area contributed by atoms with Crippen molar-refractivity contribution in [2.24, 2.45) is 0 Å². The molecule has 66 valence electrons. The number of hydrogen-bond donors (Lipinski definition) is 2. The number of benzene rings is 1. The van der Waals surface area contributed by atoms with Crippen molar-refractivity contribution in [1.29, 1.82) is 0 Å². The molecule has 0 aliphatic heterocycles. The van der Waals surface area contributed by atoms with Crippen LogP contribution in [0.15, 0.2) is 18.2 Å². The van der Waals surface area contributed by atoms with E-state index in [9.17, 15) is 0 Å². The molecule has 0 heterocycles. The molecule has 0 aromatic heterocycles. The fourth-order valence-electron chi connectivity index (χ4n) is 1.02. The number of nitrogens with one attached hydrogen (secondary N) is 1. The normalized spacial score (nSPS) is 9.50. The van der Waals surface area contributed by atoms with E-state index in [1.165, 1.54) is 0 Å². The van der Waals surface area contributed by atoms with Gasteiger partial charge in [-0.1, -0.05) is 0 Å². The van der Waals surface area contributed by atoms with Gasteiger partial charge >= 0.3 is 0 Å². The minimum atomic E-state index is 0.242. The highest BCUT2D eigenvalue weighted by Crippen LogP contribution is 2.27. The summed E-state index contributed by atoms with van der Waals surface area (Å²) in [6, 6.07) is 4.97. The summed E-state index contributed by atoms with van der Waals surface area (Å²) in [6.07, 6.45) is 0. The summed E-state index contributed by atoms with van der Waals surface area (Å²) in [7, 11) is 1.60. The van der Waals surface area contributed by atoms with Crippen LogP contribution in [0.2, 0.25) is 0 Å². The maximum absolute atomic E-state index is 9.16. The van der Waals surface area contributed by atoms with E-state index < -0.39 is 0 Å². The molecular weight excluding hydrogens is 154 g/mol. The van der Waals surface area contributed by atoms with Crippen LogP contribution in [-0.4, -0.2) is 18.8 Å². The van der Waals surface area contributed by atoms with Crippen LogP contribution in [0, 0.1) is 0 Å². The molecule has 0 amide bonds. The van der Waals surface area contributed by atoms with E-state index >= 15 is 0 Å². The third kappa shape index (κ3) is 1.81. The Balaban J connectivity index is 2.95. The van der Waals surface area contributed by atoms with Crippen molar-refractivity contribution >= 4 is 5.69 Å². The van der Waals surface area contributed by atoms with Gasteiger partial charge in [0.1, 0.15) is 11.5 Å². The van der Waals surface area contributed by atoms with Crippen molar-refractivity contribution in [3.8, 4) is 11.5 Å². The smallest absolute Gasteiger partial charge is 0.142 e. The largest absolute Gasteiger partial charge is 0.508 e. The van der Waals surface area contributed by atoms with Crippen LogP contribution < -0.4 is 10.1 Å². The van der Waals surface area contributed by atoms with Gasteiger partial charge in [-0.05, 0) is 19.1 Å².